The lowest BCUT2D eigenvalue weighted by Crippen LogP contribution is -2.31. The van der Waals surface area contributed by atoms with E-state index in [1.807, 2.05) is 31.2 Å². The number of esters is 1. The molecule has 1 N–H and O–H groups in total. The molecule has 0 radical (unpaired) electrons. The molecule has 0 saturated heterocycles. The molecule has 0 spiro atoms. The van der Waals surface area contributed by atoms with E-state index in [1.54, 1.807) is 32.7 Å². The van der Waals surface area contributed by atoms with Crippen LogP contribution in [0.15, 0.2) is 24.3 Å². The molecular formula is C20H26N2O4. The minimum atomic E-state index is -0.447. The molecule has 1 amide bonds. The highest BCUT2D eigenvalue weighted by Gasteiger charge is 2.24. The SMILES string of the molecule is CCOC(=O)c1[nH]c(C)c(C(=O)N(C)CCOc2cccc(C)c2)c1C. The summed E-state index contributed by atoms with van der Waals surface area (Å²) in [6.07, 6.45) is 0. The van der Waals surface area contributed by atoms with E-state index in [-0.39, 0.29) is 12.5 Å². The van der Waals surface area contributed by atoms with Gasteiger partial charge >= 0.3 is 5.97 Å². The lowest BCUT2D eigenvalue weighted by molar-refractivity contribution is 0.0519. The summed E-state index contributed by atoms with van der Waals surface area (Å²) in [4.78, 5) is 29.3. The van der Waals surface area contributed by atoms with Crippen LogP contribution in [-0.2, 0) is 4.74 Å². The number of aryl methyl sites for hydroxylation is 2. The Kier molecular flexibility index (Phi) is 6.44. The number of rotatable bonds is 7. The zero-order valence-electron chi connectivity index (χ0n) is 16.0. The Morgan fingerprint density at radius 1 is 1.19 bits per heavy atom. The molecule has 140 valence electrons. The second-order valence-electron chi connectivity index (χ2n) is 6.24. The first-order chi connectivity index (χ1) is 12.3. The van der Waals surface area contributed by atoms with Crippen molar-refractivity contribution in [2.75, 3.05) is 26.8 Å². The van der Waals surface area contributed by atoms with Crippen LogP contribution in [0.2, 0.25) is 0 Å². The molecule has 0 unspecified atom stereocenters. The summed E-state index contributed by atoms with van der Waals surface area (Å²) < 4.78 is 10.7. The number of aromatic nitrogens is 1. The lowest BCUT2D eigenvalue weighted by atomic mass is 10.1. The third-order valence-corrected chi connectivity index (χ3v) is 4.16. The number of aromatic amines is 1. The predicted octanol–water partition coefficient (Wildman–Crippen LogP) is 3.27. The number of hydrogen-bond donors (Lipinski definition) is 1. The summed E-state index contributed by atoms with van der Waals surface area (Å²) in [5, 5.41) is 0. The molecule has 1 aromatic carbocycles. The van der Waals surface area contributed by atoms with Gasteiger partial charge in [0.05, 0.1) is 18.7 Å². The summed E-state index contributed by atoms with van der Waals surface area (Å²) in [6, 6.07) is 7.78. The van der Waals surface area contributed by atoms with Crippen LogP contribution in [-0.4, -0.2) is 48.6 Å². The topological polar surface area (TPSA) is 71.6 Å². The van der Waals surface area contributed by atoms with E-state index in [9.17, 15) is 9.59 Å². The fourth-order valence-electron chi connectivity index (χ4n) is 2.78. The van der Waals surface area contributed by atoms with Crippen LogP contribution in [0.5, 0.6) is 5.75 Å². The van der Waals surface area contributed by atoms with Crippen molar-refractivity contribution >= 4 is 11.9 Å². The highest BCUT2D eigenvalue weighted by atomic mass is 16.5. The van der Waals surface area contributed by atoms with Crippen LogP contribution in [0.25, 0.3) is 0 Å². The molecule has 0 aliphatic carbocycles. The van der Waals surface area contributed by atoms with Crippen LogP contribution in [0.4, 0.5) is 0 Å². The van der Waals surface area contributed by atoms with Crippen molar-refractivity contribution in [1.29, 1.82) is 0 Å². The molecule has 0 atom stereocenters. The van der Waals surface area contributed by atoms with E-state index >= 15 is 0 Å². The summed E-state index contributed by atoms with van der Waals surface area (Å²) >= 11 is 0. The Labute approximate surface area is 154 Å². The van der Waals surface area contributed by atoms with Gasteiger partial charge in [0.25, 0.3) is 5.91 Å². The Hall–Kier alpha value is -2.76. The van der Waals surface area contributed by atoms with Crippen molar-refractivity contribution in [2.45, 2.75) is 27.7 Å². The number of amides is 1. The number of likely N-dealkylation sites (N-methyl/N-ethyl adjacent to an activating group) is 1. The van der Waals surface area contributed by atoms with Gasteiger partial charge in [-0.05, 0) is 51.0 Å². The molecule has 0 fully saturated rings. The average Bonchev–Trinajstić information content (AvgIpc) is 2.89. The zero-order valence-corrected chi connectivity index (χ0v) is 16.0. The number of nitrogens with zero attached hydrogens (tertiary/aromatic N) is 1. The van der Waals surface area contributed by atoms with Crippen LogP contribution >= 0.6 is 0 Å². The van der Waals surface area contributed by atoms with Crippen molar-refractivity contribution in [2.24, 2.45) is 0 Å². The first-order valence-corrected chi connectivity index (χ1v) is 8.66. The molecule has 2 aromatic rings. The number of carbonyl (C=O) groups is 2. The molecule has 0 saturated carbocycles. The van der Waals surface area contributed by atoms with Crippen LogP contribution in [0.3, 0.4) is 0 Å². The normalized spacial score (nSPS) is 10.5. The number of benzene rings is 1. The zero-order chi connectivity index (χ0) is 19.3. The molecule has 2 rings (SSSR count). The molecule has 6 heteroatoms. The van der Waals surface area contributed by atoms with Gasteiger partial charge in [-0.2, -0.15) is 0 Å². The fraction of sp³-hybridized carbons (Fsp3) is 0.400. The molecule has 0 aliphatic heterocycles. The first kappa shape index (κ1) is 19.6. The first-order valence-electron chi connectivity index (χ1n) is 8.66. The van der Waals surface area contributed by atoms with Crippen molar-refractivity contribution < 1.29 is 19.1 Å². The number of hydrogen-bond acceptors (Lipinski definition) is 4. The van der Waals surface area contributed by atoms with Crippen LogP contribution in [0.1, 0.15) is 44.6 Å². The standard InChI is InChI=1S/C20H26N2O4/c1-6-25-20(24)18-14(3)17(15(4)21-18)19(23)22(5)10-11-26-16-9-7-8-13(2)12-16/h7-9,12,21H,6,10-11H2,1-5H3. The van der Waals surface area contributed by atoms with Gasteiger partial charge in [-0.25, -0.2) is 4.79 Å². The maximum atomic E-state index is 12.8. The number of ether oxygens (including phenoxy) is 2. The van der Waals surface area contributed by atoms with Crippen molar-refractivity contribution in [3.05, 3.63) is 52.3 Å². The number of H-pyrrole nitrogens is 1. The van der Waals surface area contributed by atoms with Crippen molar-refractivity contribution in [3.63, 3.8) is 0 Å². The molecule has 26 heavy (non-hydrogen) atoms. The number of nitrogens with one attached hydrogen (secondary N) is 1. The van der Waals surface area contributed by atoms with E-state index in [2.05, 4.69) is 4.98 Å². The Morgan fingerprint density at radius 3 is 2.58 bits per heavy atom. The molecule has 6 nitrogen and oxygen atoms in total. The van der Waals surface area contributed by atoms with Gasteiger partial charge in [0.1, 0.15) is 18.1 Å². The van der Waals surface area contributed by atoms with E-state index in [4.69, 9.17) is 9.47 Å². The maximum Gasteiger partial charge on any atom is 0.355 e. The van der Waals surface area contributed by atoms with Gasteiger partial charge in [0.2, 0.25) is 0 Å². The van der Waals surface area contributed by atoms with Crippen molar-refractivity contribution in [3.8, 4) is 5.75 Å². The summed E-state index contributed by atoms with van der Waals surface area (Å²) in [5.41, 5.74) is 3.22. The minimum Gasteiger partial charge on any atom is -0.492 e. The summed E-state index contributed by atoms with van der Waals surface area (Å²) in [5.74, 6) is 0.182. The van der Waals surface area contributed by atoms with Gasteiger partial charge in [-0.1, -0.05) is 12.1 Å². The van der Waals surface area contributed by atoms with Gasteiger partial charge in [-0.15, -0.1) is 0 Å². The molecule has 1 heterocycles. The van der Waals surface area contributed by atoms with E-state index in [1.165, 1.54) is 0 Å². The molecule has 1 aromatic heterocycles. The quantitative estimate of drug-likeness (QED) is 0.771. The minimum absolute atomic E-state index is 0.153. The smallest absolute Gasteiger partial charge is 0.355 e. The summed E-state index contributed by atoms with van der Waals surface area (Å²) in [7, 11) is 1.72. The fourth-order valence-corrected chi connectivity index (χ4v) is 2.78. The van der Waals surface area contributed by atoms with Crippen LogP contribution < -0.4 is 4.74 Å². The highest BCUT2D eigenvalue weighted by Crippen LogP contribution is 2.20. The van der Waals surface area contributed by atoms with E-state index in [0.29, 0.717) is 35.7 Å². The predicted molar refractivity (Wildman–Crippen MR) is 99.9 cm³/mol. The van der Waals surface area contributed by atoms with Gasteiger partial charge in [-0.3, -0.25) is 4.79 Å². The summed E-state index contributed by atoms with van der Waals surface area (Å²) in [6.45, 7) is 8.39. The molecule has 0 bridgehead atoms. The lowest BCUT2D eigenvalue weighted by Gasteiger charge is -2.18. The van der Waals surface area contributed by atoms with E-state index < -0.39 is 5.97 Å². The average molecular weight is 358 g/mol. The monoisotopic (exact) mass is 358 g/mol. The third kappa shape index (κ3) is 4.45. The third-order valence-electron chi connectivity index (χ3n) is 4.16. The second kappa shape index (κ2) is 8.56. The second-order valence-corrected chi connectivity index (χ2v) is 6.24. The largest absolute Gasteiger partial charge is 0.492 e. The van der Waals surface area contributed by atoms with Gasteiger partial charge < -0.3 is 19.4 Å². The Bertz CT molecular complexity index is 795. The van der Waals surface area contributed by atoms with Crippen molar-refractivity contribution in [1.82, 2.24) is 9.88 Å². The number of carbonyl (C=O) groups excluding carboxylic acids is 2. The van der Waals surface area contributed by atoms with Crippen LogP contribution in [0, 0.1) is 20.8 Å². The molecular weight excluding hydrogens is 332 g/mol. The Morgan fingerprint density at radius 2 is 1.92 bits per heavy atom. The van der Waals surface area contributed by atoms with Gasteiger partial charge in [0, 0.05) is 12.7 Å². The highest BCUT2D eigenvalue weighted by molar-refractivity contribution is 6.01. The Balaban J connectivity index is 2.02. The van der Waals surface area contributed by atoms with E-state index in [0.717, 1.165) is 11.3 Å². The maximum absolute atomic E-state index is 12.8. The molecule has 0 aliphatic rings. The van der Waals surface area contributed by atoms with Gasteiger partial charge in [0.15, 0.2) is 0 Å².